The van der Waals surface area contributed by atoms with Crippen LogP contribution in [0, 0.1) is 19.8 Å². The molecule has 2 saturated heterocycles. The van der Waals surface area contributed by atoms with Gasteiger partial charge < -0.3 is 14.4 Å². The molecular formula is C41H51N3O4. The first kappa shape index (κ1) is 33.9. The van der Waals surface area contributed by atoms with E-state index in [0.29, 0.717) is 30.8 Å². The Morgan fingerprint density at radius 2 is 1.60 bits per heavy atom. The first-order chi connectivity index (χ1) is 22.7. The van der Waals surface area contributed by atoms with E-state index in [9.17, 15) is 9.59 Å². The molecule has 0 radical (unpaired) electrons. The number of aromatic nitrogens is 2. The number of hydrogen-bond donors (Lipinski definition) is 0. The summed E-state index contributed by atoms with van der Waals surface area (Å²) in [6.07, 6.45) is 5.92. The van der Waals surface area contributed by atoms with Crippen molar-refractivity contribution in [2.45, 2.75) is 111 Å². The summed E-state index contributed by atoms with van der Waals surface area (Å²) >= 11 is 0. The van der Waals surface area contributed by atoms with Crippen LogP contribution in [0.3, 0.4) is 0 Å². The number of carbonyl (C=O) groups is 2. The van der Waals surface area contributed by atoms with Crippen LogP contribution < -0.4 is 0 Å². The van der Waals surface area contributed by atoms with Crippen LogP contribution in [0.25, 0.3) is 22.3 Å². The number of aryl methyl sites for hydroxylation is 2. The van der Waals surface area contributed by atoms with Gasteiger partial charge in [-0.05, 0) is 121 Å². The fourth-order valence-corrected chi connectivity index (χ4v) is 7.72. The molecule has 1 aliphatic carbocycles. The van der Waals surface area contributed by atoms with E-state index in [4.69, 9.17) is 14.5 Å². The van der Waals surface area contributed by atoms with Crippen LogP contribution in [-0.4, -0.2) is 51.2 Å². The molecule has 2 aromatic heterocycles. The number of hydrogen-bond acceptors (Lipinski definition) is 5. The Bertz CT molecular complexity index is 1790. The Morgan fingerprint density at radius 1 is 0.938 bits per heavy atom. The van der Waals surface area contributed by atoms with E-state index in [1.54, 1.807) is 10.8 Å². The van der Waals surface area contributed by atoms with E-state index >= 15 is 0 Å². The standard InChI is InChI=1S/C41H51N3O4/c1-26-18-27(2)20-31(19-26)36-35(28(3)24-47-25-30-12-10-9-11-13-30)34-21-32(22-42-37(34)44(36)39(46)48-40(4,5)6)41(7,8)38(45)43-23-29-14-16-33(43)17-15-29/h9-13,18-22,28-29,33H,14-17,23-25H2,1-8H3/t28-,29?,33?/m1/s1. The fourth-order valence-electron chi connectivity index (χ4n) is 7.72. The summed E-state index contributed by atoms with van der Waals surface area (Å²) in [7, 11) is 0. The second-order valence-corrected chi connectivity index (χ2v) is 15.7. The number of carbonyl (C=O) groups excluding carboxylic acids is 2. The zero-order chi connectivity index (χ0) is 34.4. The minimum Gasteiger partial charge on any atom is -0.443 e. The lowest BCUT2D eigenvalue weighted by molar-refractivity contribution is -0.144. The predicted octanol–water partition coefficient (Wildman–Crippen LogP) is 9.10. The maximum atomic E-state index is 14.3. The van der Waals surface area contributed by atoms with E-state index in [0.717, 1.165) is 63.8 Å². The van der Waals surface area contributed by atoms with Crippen LogP contribution in [0.4, 0.5) is 4.79 Å². The number of benzene rings is 2. The Morgan fingerprint density at radius 3 is 2.21 bits per heavy atom. The lowest BCUT2D eigenvalue weighted by Gasteiger charge is -2.47. The van der Waals surface area contributed by atoms with Gasteiger partial charge in [-0.15, -0.1) is 0 Å². The molecule has 48 heavy (non-hydrogen) atoms. The summed E-state index contributed by atoms with van der Waals surface area (Å²) in [6, 6.07) is 18.9. The third-order valence-corrected chi connectivity index (χ3v) is 10.1. The van der Waals surface area contributed by atoms with Crippen molar-refractivity contribution < 1.29 is 19.1 Å². The van der Waals surface area contributed by atoms with Crippen molar-refractivity contribution in [2.75, 3.05) is 13.2 Å². The summed E-state index contributed by atoms with van der Waals surface area (Å²) < 4.78 is 14.0. The second kappa shape index (κ2) is 13.1. The number of piperidine rings is 2. The Kier molecular flexibility index (Phi) is 9.29. The third-order valence-electron chi connectivity index (χ3n) is 10.1. The van der Waals surface area contributed by atoms with Gasteiger partial charge in [0, 0.05) is 30.1 Å². The van der Waals surface area contributed by atoms with Crippen molar-refractivity contribution in [1.82, 2.24) is 14.5 Å². The molecule has 0 N–H and O–H groups in total. The van der Waals surface area contributed by atoms with Crippen LogP contribution in [0.2, 0.25) is 0 Å². The van der Waals surface area contributed by atoms with Gasteiger partial charge in [0.1, 0.15) is 11.2 Å². The molecule has 3 aliphatic rings. The molecule has 2 aliphatic heterocycles. The molecule has 7 heteroatoms. The molecule has 7 nitrogen and oxygen atoms in total. The normalized spacial score (nSPS) is 18.7. The highest BCUT2D eigenvalue weighted by molar-refractivity contribution is 5.99. The summed E-state index contributed by atoms with van der Waals surface area (Å²) in [4.78, 5) is 35.5. The van der Waals surface area contributed by atoms with Crippen molar-refractivity contribution in [3.8, 4) is 11.3 Å². The molecule has 2 bridgehead atoms. The maximum absolute atomic E-state index is 14.3. The Labute approximate surface area is 285 Å². The van der Waals surface area contributed by atoms with Crippen LogP contribution in [0.15, 0.2) is 60.8 Å². The lowest BCUT2D eigenvalue weighted by atomic mass is 9.76. The van der Waals surface area contributed by atoms with Gasteiger partial charge in [-0.3, -0.25) is 4.79 Å². The minimum absolute atomic E-state index is 0.107. The van der Waals surface area contributed by atoms with Crippen LogP contribution >= 0.6 is 0 Å². The summed E-state index contributed by atoms with van der Waals surface area (Å²) in [5.41, 5.74) is 5.79. The monoisotopic (exact) mass is 649 g/mol. The number of rotatable bonds is 8. The topological polar surface area (TPSA) is 73.7 Å². The highest BCUT2D eigenvalue weighted by Gasteiger charge is 2.43. The number of nitrogens with zero attached hydrogens (tertiary/aromatic N) is 3. The molecule has 2 aromatic carbocycles. The molecule has 0 unspecified atom stereocenters. The molecule has 4 aromatic rings. The molecule has 254 valence electrons. The Balaban J connectivity index is 1.50. The highest BCUT2D eigenvalue weighted by Crippen LogP contribution is 2.42. The average Bonchev–Trinajstić information content (AvgIpc) is 3.39. The molecule has 4 heterocycles. The van der Waals surface area contributed by atoms with Crippen molar-refractivity contribution in [3.63, 3.8) is 0 Å². The van der Waals surface area contributed by atoms with Crippen molar-refractivity contribution in [2.24, 2.45) is 5.92 Å². The van der Waals surface area contributed by atoms with Gasteiger partial charge in [-0.1, -0.05) is 54.4 Å². The van der Waals surface area contributed by atoms with E-state index in [1.165, 1.54) is 12.8 Å². The highest BCUT2D eigenvalue weighted by atomic mass is 16.6. The van der Waals surface area contributed by atoms with Gasteiger partial charge in [-0.2, -0.15) is 0 Å². The largest absolute Gasteiger partial charge is 0.443 e. The van der Waals surface area contributed by atoms with Crippen molar-refractivity contribution in [3.05, 3.63) is 88.6 Å². The van der Waals surface area contributed by atoms with Crippen LogP contribution in [0.1, 0.15) is 101 Å². The van der Waals surface area contributed by atoms with E-state index in [1.807, 2.05) is 52.8 Å². The van der Waals surface area contributed by atoms with E-state index in [2.05, 4.69) is 62.1 Å². The number of ether oxygens (including phenoxy) is 2. The molecule has 3 fully saturated rings. The molecular weight excluding hydrogens is 598 g/mol. The van der Waals surface area contributed by atoms with E-state index in [-0.39, 0.29) is 11.8 Å². The molecule has 1 saturated carbocycles. The summed E-state index contributed by atoms with van der Waals surface area (Å²) in [6.45, 7) is 17.7. The number of pyridine rings is 1. The van der Waals surface area contributed by atoms with Crippen LogP contribution in [-0.2, 0) is 26.3 Å². The zero-order valence-corrected chi connectivity index (χ0v) is 29.9. The molecule has 1 atom stereocenters. The van der Waals surface area contributed by atoms with Gasteiger partial charge in [0.05, 0.1) is 24.3 Å². The number of amides is 1. The molecule has 0 spiro atoms. The zero-order valence-electron chi connectivity index (χ0n) is 29.9. The lowest BCUT2D eigenvalue weighted by Crippen LogP contribution is -2.55. The fraction of sp³-hybridized carbons (Fsp3) is 0.488. The summed E-state index contributed by atoms with van der Waals surface area (Å²) in [5, 5.41) is 0.837. The quantitative estimate of drug-likeness (QED) is 0.190. The Hall–Kier alpha value is -3.97. The molecule has 7 rings (SSSR count). The minimum atomic E-state index is -0.795. The van der Waals surface area contributed by atoms with E-state index < -0.39 is 17.1 Å². The van der Waals surface area contributed by atoms with Gasteiger partial charge >= 0.3 is 6.09 Å². The smallest absolute Gasteiger partial charge is 0.420 e. The third kappa shape index (κ3) is 6.80. The first-order valence-electron chi connectivity index (χ1n) is 17.5. The van der Waals surface area contributed by atoms with Gasteiger partial charge in [0.2, 0.25) is 5.91 Å². The number of fused-ring (bicyclic) bond motifs is 4. The van der Waals surface area contributed by atoms with Gasteiger partial charge in [0.15, 0.2) is 0 Å². The second-order valence-electron chi connectivity index (χ2n) is 15.7. The van der Waals surface area contributed by atoms with Crippen molar-refractivity contribution in [1.29, 1.82) is 0 Å². The van der Waals surface area contributed by atoms with Crippen LogP contribution in [0.5, 0.6) is 0 Å². The van der Waals surface area contributed by atoms with Gasteiger partial charge in [0.25, 0.3) is 0 Å². The van der Waals surface area contributed by atoms with Crippen molar-refractivity contribution >= 4 is 23.0 Å². The summed E-state index contributed by atoms with van der Waals surface area (Å²) in [5.74, 6) is 0.645. The SMILES string of the molecule is Cc1cc(C)cc(-c2c([C@H](C)COCc3ccccc3)c3cc(C(C)(C)C(=O)N4CC5CCC4CC5)cnc3n2C(=O)OC(C)(C)C)c1. The predicted molar refractivity (Wildman–Crippen MR) is 191 cm³/mol. The van der Waals surface area contributed by atoms with Gasteiger partial charge in [-0.25, -0.2) is 14.3 Å². The molecule has 1 amide bonds. The first-order valence-corrected chi connectivity index (χ1v) is 17.5. The maximum Gasteiger partial charge on any atom is 0.420 e. The average molecular weight is 650 g/mol.